The summed E-state index contributed by atoms with van der Waals surface area (Å²) in [6.45, 7) is 5.75. The van der Waals surface area contributed by atoms with E-state index in [9.17, 15) is 9.59 Å². The Labute approximate surface area is 155 Å². The Morgan fingerprint density at radius 2 is 1.88 bits per heavy atom. The molecule has 0 spiro atoms. The van der Waals surface area contributed by atoms with Crippen molar-refractivity contribution in [2.24, 2.45) is 5.73 Å². The molecule has 2 amide bonds. The van der Waals surface area contributed by atoms with Crippen molar-refractivity contribution in [3.05, 3.63) is 59.4 Å². The Bertz CT molecular complexity index is 957. The minimum atomic E-state index is -0.577. The summed E-state index contributed by atoms with van der Waals surface area (Å²) >= 11 is 1.32. The zero-order valence-electron chi connectivity index (χ0n) is 14.8. The summed E-state index contributed by atoms with van der Waals surface area (Å²) in [6.07, 6.45) is 0. The fraction of sp³-hybridized carbons (Fsp3) is 0.211. The lowest BCUT2D eigenvalue weighted by molar-refractivity contribution is 0.100. The second-order valence-electron chi connectivity index (χ2n) is 6.25. The Hall–Kier alpha value is -2.93. The van der Waals surface area contributed by atoms with E-state index in [2.05, 4.69) is 10.4 Å². The van der Waals surface area contributed by atoms with Gasteiger partial charge in [0.15, 0.2) is 0 Å². The molecule has 26 heavy (non-hydrogen) atoms. The highest BCUT2D eigenvalue weighted by atomic mass is 32.1. The summed E-state index contributed by atoms with van der Waals surface area (Å²) in [6, 6.07) is 13.1. The van der Waals surface area contributed by atoms with Crippen LogP contribution < -0.4 is 11.1 Å². The lowest BCUT2D eigenvalue weighted by Gasteiger charge is -2.10. The molecule has 0 fully saturated rings. The largest absolute Gasteiger partial charge is 0.366 e. The lowest BCUT2D eigenvalue weighted by Crippen LogP contribution is -2.20. The number of amides is 2. The summed E-state index contributed by atoms with van der Waals surface area (Å²) in [5.74, 6) is -0.893. The second kappa shape index (κ2) is 7.13. The van der Waals surface area contributed by atoms with Gasteiger partial charge < -0.3 is 11.1 Å². The van der Waals surface area contributed by atoms with Crippen LogP contribution in [0.3, 0.4) is 0 Å². The Morgan fingerprint density at radius 3 is 2.50 bits per heavy atom. The highest BCUT2D eigenvalue weighted by Crippen LogP contribution is 2.35. The average Bonchev–Trinajstić information content (AvgIpc) is 3.19. The number of anilines is 1. The van der Waals surface area contributed by atoms with E-state index in [0.717, 1.165) is 16.1 Å². The Morgan fingerprint density at radius 1 is 1.19 bits per heavy atom. The first-order valence-electron chi connectivity index (χ1n) is 8.23. The van der Waals surface area contributed by atoms with Gasteiger partial charge in [0.2, 0.25) is 0 Å². The number of thiophene rings is 1. The quantitative estimate of drug-likeness (QED) is 0.717. The first-order valence-corrected chi connectivity index (χ1v) is 9.05. The first kappa shape index (κ1) is 17.9. The third-order valence-electron chi connectivity index (χ3n) is 3.86. The van der Waals surface area contributed by atoms with E-state index in [1.54, 1.807) is 16.8 Å². The van der Waals surface area contributed by atoms with Gasteiger partial charge in [0.1, 0.15) is 10.7 Å². The fourth-order valence-electron chi connectivity index (χ4n) is 2.66. The SMILES string of the molecule is Cc1cc(C(=O)Nc2sc(-c3ccccc3)cc2C(N)=O)n(C(C)C)n1. The van der Waals surface area contributed by atoms with Crippen LogP contribution in [0.1, 0.15) is 46.4 Å². The molecule has 0 unspecified atom stereocenters. The molecule has 2 aromatic heterocycles. The number of carbonyl (C=O) groups excluding carboxylic acids is 2. The molecule has 3 rings (SSSR count). The van der Waals surface area contributed by atoms with Crippen LogP contribution in [0.15, 0.2) is 42.5 Å². The molecule has 3 aromatic rings. The summed E-state index contributed by atoms with van der Waals surface area (Å²) < 4.78 is 1.67. The maximum Gasteiger partial charge on any atom is 0.274 e. The van der Waals surface area contributed by atoms with Crippen molar-refractivity contribution >= 4 is 28.2 Å². The number of nitrogens with one attached hydrogen (secondary N) is 1. The van der Waals surface area contributed by atoms with E-state index in [-0.39, 0.29) is 11.9 Å². The molecule has 1 aromatic carbocycles. The average molecular weight is 368 g/mol. The third-order valence-corrected chi connectivity index (χ3v) is 4.96. The van der Waals surface area contributed by atoms with E-state index in [4.69, 9.17) is 5.73 Å². The van der Waals surface area contributed by atoms with E-state index in [1.165, 1.54) is 11.3 Å². The van der Waals surface area contributed by atoms with Crippen molar-refractivity contribution in [3.8, 4) is 10.4 Å². The normalized spacial score (nSPS) is 10.9. The van der Waals surface area contributed by atoms with Gasteiger partial charge in [-0.15, -0.1) is 11.3 Å². The second-order valence-corrected chi connectivity index (χ2v) is 7.30. The zero-order chi connectivity index (χ0) is 18.8. The van der Waals surface area contributed by atoms with Gasteiger partial charge in [-0.3, -0.25) is 14.3 Å². The molecule has 0 atom stereocenters. The molecule has 7 heteroatoms. The van der Waals surface area contributed by atoms with Gasteiger partial charge in [0, 0.05) is 10.9 Å². The predicted octanol–water partition coefficient (Wildman–Crippen LogP) is 3.85. The number of nitrogens with two attached hydrogens (primary N) is 1. The number of hydrogen-bond acceptors (Lipinski definition) is 4. The molecular weight excluding hydrogens is 348 g/mol. The van der Waals surface area contributed by atoms with Crippen molar-refractivity contribution in [1.29, 1.82) is 0 Å². The van der Waals surface area contributed by atoms with Crippen LogP contribution in [0.2, 0.25) is 0 Å². The molecule has 0 radical (unpaired) electrons. The summed E-state index contributed by atoms with van der Waals surface area (Å²) in [5, 5.41) is 7.62. The van der Waals surface area contributed by atoms with Gasteiger partial charge in [0.25, 0.3) is 11.8 Å². The number of nitrogens with zero attached hydrogens (tertiary/aromatic N) is 2. The molecule has 0 aliphatic rings. The summed E-state index contributed by atoms with van der Waals surface area (Å²) in [7, 11) is 0. The zero-order valence-corrected chi connectivity index (χ0v) is 15.6. The third kappa shape index (κ3) is 3.52. The van der Waals surface area contributed by atoms with Crippen LogP contribution in [0, 0.1) is 6.92 Å². The maximum absolute atomic E-state index is 12.8. The number of hydrogen-bond donors (Lipinski definition) is 2. The highest BCUT2D eigenvalue weighted by Gasteiger charge is 2.21. The lowest BCUT2D eigenvalue weighted by atomic mass is 10.1. The van der Waals surface area contributed by atoms with Crippen LogP contribution in [0.4, 0.5) is 5.00 Å². The van der Waals surface area contributed by atoms with Crippen LogP contribution >= 0.6 is 11.3 Å². The van der Waals surface area contributed by atoms with Gasteiger partial charge in [-0.25, -0.2) is 0 Å². The molecule has 2 heterocycles. The topological polar surface area (TPSA) is 90.0 Å². The number of rotatable bonds is 5. The number of benzene rings is 1. The minimum absolute atomic E-state index is 0.0447. The van der Waals surface area contributed by atoms with Crippen LogP contribution in [-0.2, 0) is 0 Å². The molecule has 0 saturated heterocycles. The number of primary amides is 1. The van der Waals surface area contributed by atoms with Crippen LogP contribution in [-0.4, -0.2) is 21.6 Å². The van der Waals surface area contributed by atoms with E-state index in [1.807, 2.05) is 51.1 Å². The summed E-state index contributed by atoms with van der Waals surface area (Å²) in [5.41, 5.74) is 7.97. The predicted molar refractivity (Wildman–Crippen MR) is 104 cm³/mol. The highest BCUT2D eigenvalue weighted by molar-refractivity contribution is 7.20. The Kier molecular flexibility index (Phi) is 4.90. The standard InChI is InChI=1S/C19H20N4O2S/c1-11(2)23-15(9-12(3)22-23)18(25)21-19-14(17(20)24)10-16(26-19)13-7-5-4-6-8-13/h4-11H,1-3H3,(H2,20,24)(H,21,25). The van der Waals surface area contributed by atoms with Crippen molar-refractivity contribution < 1.29 is 9.59 Å². The molecule has 3 N–H and O–H groups in total. The first-order chi connectivity index (χ1) is 12.4. The molecule has 0 saturated carbocycles. The Balaban J connectivity index is 1.96. The van der Waals surface area contributed by atoms with Gasteiger partial charge >= 0.3 is 0 Å². The smallest absolute Gasteiger partial charge is 0.274 e. The molecular formula is C19H20N4O2S. The fourth-order valence-corrected chi connectivity index (χ4v) is 3.72. The van der Waals surface area contributed by atoms with E-state index < -0.39 is 5.91 Å². The van der Waals surface area contributed by atoms with Crippen molar-refractivity contribution in [1.82, 2.24) is 9.78 Å². The molecule has 6 nitrogen and oxygen atoms in total. The molecule has 0 aliphatic heterocycles. The van der Waals surface area contributed by atoms with Crippen molar-refractivity contribution in [2.75, 3.05) is 5.32 Å². The molecule has 0 bridgehead atoms. The van der Waals surface area contributed by atoms with Crippen molar-refractivity contribution in [2.45, 2.75) is 26.8 Å². The minimum Gasteiger partial charge on any atom is -0.366 e. The van der Waals surface area contributed by atoms with Gasteiger partial charge in [-0.2, -0.15) is 5.10 Å². The van der Waals surface area contributed by atoms with E-state index >= 15 is 0 Å². The van der Waals surface area contributed by atoms with Gasteiger partial charge in [-0.1, -0.05) is 30.3 Å². The van der Waals surface area contributed by atoms with E-state index in [0.29, 0.717) is 16.3 Å². The van der Waals surface area contributed by atoms with Crippen molar-refractivity contribution in [3.63, 3.8) is 0 Å². The number of aryl methyl sites for hydroxylation is 1. The van der Waals surface area contributed by atoms with Gasteiger partial charge in [0.05, 0.1) is 11.3 Å². The number of carbonyl (C=O) groups is 2. The van der Waals surface area contributed by atoms with Crippen LogP contribution in [0.25, 0.3) is 10.4 Å². The molecule has 0 aliphatic carbocycles. The summed E-state index contributed by atoms with van der Waals surface area (Å²) in [4.78, 5) is 25.4. The van der Waals surface area contributed by atoms with Crippen LogP contribution in [0.5, 0.6) is 0 Å². The molecule has 134 valence electrons. The maximum atomic E-state index is 12.8. The monoisotopic (exact) mass is 368 g/mol. The van der Waals surface area contributed by atoms with Gasteiger partial charge in [-0.05, 0) is 38.5 Å². The number of aromatic nitrogens is 2.